The van der Waals surface area contributed by atoms with Crippen molar-refractivity contribution in [3.05, 3.63) is 76.6 Å². The zero-order valence-corrected chi connectivity index (χ0v) is 21.1. The van der Waals surface area contributed by atoms with Gasteiger partial charge in [-0.15, -0.1) is 11.3 Å². The monoisotopic (exact) mass is 545 g/mol. The van der Waals surface area contributed by atoms with Gasteiger partial charge in [0.05, 0.1) is 5.56 Å². The summed E-state index contributed by atoms with van der Waals surface area (Å²) in [7, 11) is -3.71. The van der Waals surface area contributed by atoms with Gasteiger partial charge in [0.1, 0.15) is 10.8 Å². The standard InChI is InChI=1S/C23H20ClN5O5S2/c24-17-5-4-15-10-21(35-20(15)11-17)36(33,34)28-8-6-27(7-9-28)23(31)22-25-12-16(13-26-22)19-3-1-2-18(14-30)29(19)32/h1-5,10-13,30H,6-9,14H2. The molecule has 36 heavy (non-hydrogen) atoms. The van der Waals surface area contributed by atoms with Crippen LogP contribution in [0.4, 0.5) is 0 Å². The fourth-order valence-corrected chi connectivity index (χ4v) is 7.20. The van der Waals surface area contributed by atoms with E-state index in [2.05, 4.69) is 9.97 Å². The van der Waals surface area contributed by atoms with Gasteiger partial charge in [-0.25, -0.2) is 18.4 Å². The predicted molar refractivity (Wildman–Crippen MR) is 134 cm³/mol. The Morgan fingerprint density at radius 1 is 1.11 bits per heavy atom. The number of piperazine rings is 1. The molecule has 1 fully saturated rings. The Labute approximate surface area is 215 Å². The lowest BCUT2D eigenvalue weighted by Gasteiger charge is -2.33. The maximum atomic E-state index is 13.2. The highest BCUT2D eigenvalue weighted by Gasteiger charge is 2.32. The van der Waals surface area contributed by atoms with Crippen molar-refractivity contribution < 1.29 is 23.0 Å². The second-order valence-corrected chi connectivity index (χ2v) is 11.8. The summed E-state index contributed by atoms with van der Waals surface area (Å²) in [6, 6.07) is 11.6. The molecule has 1 saturated heterocycles. The van der Waals surface area contributed by atoms with Crippen molar-refractivity contribution in [1.82, 2.24) is 19.2 Å². The summed E-state index contributed by atoms with van der Waals surface area (Å²) in [6.45, 7) is 0.266. The van der Waals surface area contributed by atoms with Crippen LogP contribution in [0.1, 0.15) is 16.3 Å². The number of pyridine rings is 1. The first kappa shape index (κ1) is 24.5. The molecule has 0 radical (unpaired) electrons. The smallest absolute Gasteiger partial charge is 0.291 e. The molecule has 4 aromatic rings. The van der Waals surface area contributed by atoms with Gasteiger partial charge >= 0.3 is 0 Å². The van der Waals surface area contributed by atoms with Crippen LogP contribution in [0.3, 0.4) is 0 Å². The molecule has 0 bridgehead atoms. The number of sulfonamides is 1. The first-order valence-electron chi connectivity index (χ1n) is 10.9. The molecule has 1 aromatic carbocycles. The minimum Gasteiger partial charge on any atom is -0.618 e. The zero-order valence-electron chi connectivity index (χ0n) is 18.7. The number of rotatable bonds is 5. The first-order chi connectivity index (χ1) is 17.3. The van der Waals surface area contributed by atoms with E-state index >= 15 is 0 Å². The van der Waals surface area contributed by atoms with Crippen molar-refractivity contribution in [1.29, 1.82) is 0 Å². The maximum Gasteiger partial charge on any atom is 0.291 e. The molecule has 0 atom stereocenters. The van der Waals surface area contributed by atoms with Crippen LogP contribution in [0.25, 0.3) is 21.3 Å². The van der Waals surface area contributed by atoms with Crippen LogP contribution >= 0.6 is 22.9 Å². The van der Waals surface area contributed by atoms with Crippen molar-refractivity contribution in [2.24, 2.45) is 0 Å². The van der Waals surface area contributed by atoms with Crippen LogP contribution in [-0.4, -0.2) is 64.8 Å². The first-order valence-corrected chi connectivity index (χ1v) is 13.5. The second-order valence-electron chi connectivity index (χ2n) is 8.09. The summed E-state index contributed by atoms with van der Waals surface area (Å²) in [5.41, 5.74) is 0.834. The van der Waals surface area contributed by atoms with E-state index in [9.17, 15) is 23.5 Å². The van der Waals surface area contributed by atoms with Gasteiger partial charge in [0.2, 0.25) is 17.2 Å². The Bertz CT molecular complexity index is 1550. The molecule has 0 aliphatic carbocycles. The number of aromatic nitrogens is 3. The van der Waals surface area contributed by atoms with E-state index in [-0.39, 0.29) is 47.6 Å². The number of aliphatic hydroxyl groups is 1. The topological polar surface area (TPSA) is 131 Å². The molecule has 186 valence electrons. The maximum absolute atomic E-state index is 13.2. The van der Waals surface area contributed by atoms with E-state index < -0.39 is 22.5 Å². The molecular formula is C23H20ClN5O5S2. The highest BCUT2D eigenvalue weighted by Crippen LogP contribution is 2.33. The molecule has 1 aliphatic rings. The number of benzene rings is 1. The van der Waals surface area contributed by atoms with Crippen molar-refractivity contribution in [2.75, 3.05) is 26.2 Å². The average Bonchev–Trinajstić information content (AvgIpc) is 3.33. The molecule has 0 spiro atoms. The van der Waals surface area contributed by atoms with E-state index in [1.165, 1.54) is 39.0 Å². The van der Waals surface area contributed by atoms with Crippen LogP contribution in [0.2, 0.25) is 5.02 Å². The van der Waals surface area contributed by atoms with Crippen LogP contribution < -0.4 is 4.73 Å². The number of nitrogens with zero attached hydrogens (tertiary/aromatic N) is 5. The minimum atomic E-state index is -3.71. The van der Waals surface area contributed by atoms with Gasteiger partial charge in [-0.05, 0) is 29.7 Å². The normalized spacial score (nSPS) is 14.9. The van der Waals surface area contributed by atoms with Gasteiger partial charge < -0.3 is 15.2 Å². The summed E-state index contributed by atoms with van der Waals surface area (Å²) in [5.74, 6) is -0.471. The van der Waals surface area contributed by atoms with Gasteiger partial charge in [-0.2, -0.15) is 9.04 Å². The third-order valence-corrected chi connectivity index (χ3v) is 9.58. The van der Waals surface area contributed by atoms with Crippen molar-refractivity contribution in [3.8, 4) is 11.3 Å². The third-order valence-electron chi connectivity index (χ3n) is 5.90. The lowest BCUT2D eigenvalue weighted by molar-refractivity contribution is -0.604. The molecule has 13 heteroatoms. The SMILES string of the molecule is O=C(c1ncc(-c2cccc(CO)[n+]2[O-])cn1)N1CCN(S(=O)(=O)c2cc3ccc(Cl)cc3s2)CC1. The molecule has 5 rings (SSSR count). The fraction of sp³-hybridized carbons (Fsp3) is 0.217. The number of aliphatic hydroxyl groups excluding tert-OH is 1. The van der Waals surface area contributed by atoms with Gasteiger partial charge in [-0.1, -0.05) is 17.7 Å². The summed E-state index contributed by atoms with van der Waals surface area (Å²) in [4.78, 5) is 22.7. The Hall–Kier alpha value is -3.16. The molecule has 1 amide bonds. The highest BCUT2D eigenvalue weighted by atomic mass is 35.5. The van der Waals surface area contributed by atoms with Crippen molar-refractivity contribution in [2.45, 2.75) is 10.8 Å². The van der Waals surface area contributed by atoms with Gasteiger partial charge in [-0.3, -0.25) is 4.79 Å². The number of hydrogen-bond donors (Lipinski definition) is 1. The fourth-order valence-electron chi connectivity index (χ4n) is 3.95. The zero-order chi connectivity index (χ0) is 25.4. The molecule has 3 aromatic heterocycles. The summed E-state index contributed by atoms with van der Waals surface area (Å²) in [6.07, 6.45) is 2.75. The Balaban J connectivity index is 1.27. The minimum absolute atomic E-state index is 0.0489. The van der Waals surface area contributed by atoms with E-state index in [4.69, 9.17) is 11.6 Å². The molecule has 0 unspecified atom stereocenters. The van der Waals surface area contributed by atoms with E-state index in [0.29, 0.717) is 15.3 Å². The van der Waals surface area contributed by atoms with E-state index in [0.717, 1.165) is 10.1 Å². The largest absolute Gasteiger partial charge is 0.618 e. The van der Waals surface area contributed by atoms with Gasteiger partial charge in [0, 0.05) is 60.4 Å². The van der Waals surface area contributed by atoms with E-state index in [1.54, 1.807) is 36.4 Å². The van der Waals surface area contributed by atoms with E-state index in [1.807, 2.05) is 0 Å². The van der Waals surface area contributed by atoms with Crippen LogP contribution in [0, 0.1) is 5.21 Å². The summed E-state index contributed by atoms with van der Waals surface area (Å²) in [5, 5.41) is 22.9. The van der Waals surface area contributed by atoms with Crippen molar-refractivity contribution >= 4 is 49.0 Å². The number of halogens is 1. The molecule has 1 aliphatic heterocycles. The third kappa shape index (κ3) is 4.53. The van der Waals surface area contributed by atoms with Crippen molar-refractivity contribution in [3.63, 3.8) is 0 Å². The Morgan fingerprint density at radius 3 is 2.53 bits per heavy atom. The second kappa shape index (κ2) is 9.71. The number of carbonyl (C=O) groups is 1. The van der Waals surface area contributed by atoms with Crippen LogP contribution in [0.5, 0.6) is 0 Å². The average molecular weight is 546 g/mol. The van der Waals surface area contributed by atoms with Gasteiger partial charge in [0.15, 0.2) is 0 Å². The highest BCUT2D eigenvalue weighted by molar-refractivity contribution is 7.91. The molecule has 1 N–H and O–H groups in total. The lowest BCUT2D eigenvalue weighted by Crippen LogP contribution is -2.50. The molecule has 0 saturated carbocycles. The molecular weight excluding hydrogens is 526 g/mol. The number of fused-ring (bicyclic) bond motifs is 1. The van der Waals surface area contributed by atoms with Gasteiger partial charge in [0.25, 0.3) is 15.9 Å². The number of carbonyl (C=O) groups excluding carboxylic acids is 1. The predicted octanol–water partition coefficient (Wildman–Crippen LogP) is 2.28. The molecule has 4 heterocycles. The quantitative estimate of drug-likeness (QED) is 0.301. The summed E-state index contributed by atoms with van der Waals surface area (Å²) >= 11 is 7.19. The number of thiophene rings is 1. The number of hydrogen-bond acceptors (Lipinski definition) is 8. The molecule has 10 nitrogen and oxygen atoms in total. The lowest BCUT2D eigenvalue weighted by atomic mass is 10.2. The number of amides is 1. The summed E-state index contributed by atoms with van der Waals surface area (Å²) < 4.78 is 29.3. The Kier molecular flexibility index (Phi) is 6.62. The van der Waals surface area contributed by atoms with Crippen LogP contribution in [0.15, 0.2) is 59.1 Å². The van der Waals surface area contributed by atoms with Crippen LogP contribution in [-0.2, 0) is 16.6 Å². The Morgan fingerprint density at radius 2 is 1.83 bits per heavy atom.